The molecule has 0 aromatic rings. The Hall–Kier alpha value is -0.580. The highest BCUT2D eigenvalue weighted by atomic mass is 79.9. The maximum atomic E-state index is 12.7. The molecule has 1 aliphatic carbocycles. The molecule has 0 radical (unpaired) electrons. The van der Waals surface area contributed by atoms with Crippen molar-refractivity contribution in [3.8, 4) is 0 Å². The highest BCUT2D eigenvalue weighted by Crippen LogP contribution is 2.39. The Morgan fingerprint density at radius 3 is 2.19 bits per heavy atom. The zero-order valence-corrected chi connectivity index (χ0v) is 18.4. The fourth-order valence-electron chi connectivity index (χ4n) is 3.82. The van der Waals surface area contributed by atoms with Crippen molar-refractivity contribution in [3.05, 3.63) is 0 Å². The number of rotatable bonds is 13. The lowest BCUT2D eigenvalue weighted by molar-refractivity contribution is -0.165. The molecule has 152 valence electrons. The van der Waals surface area contributed by atoms with Crippen molar-refractivity contribution in [1.29, 1.82) is 0 Å². The lowest BCUT2D eigenvalue weighted by Crippen LogP contribution is -2.36. The summed E-state index contributed by atoms with van der Waals surface area (Å²) in [6.07, 6.45) is 12.4. The van der Waals surface area contributed by atoms with E-state index >= 15 is 0 Å². The average molecular weight is 433 g/mol. The van der Waals surface area contributed by atoms with Gasteiger partial charge in [-0.1, -0.05) is 48.0 Å². The highest BCUT2D eigenvalue weighted by Gasteiger charge is 2.40. The molecule has 0 spiro atoms. The fourth-order valence-corrected chi connectivity index (χ4v) is 4.22. The van der Waals surface area contributed by atoms with Crippen LogP contribution in [0.2, 0.25) is 0 Å². The summed E-state index contributed by atoms with van der Waals surface area (Å²) in [5.74, 6) is -0.327. The van der Waals surface area contributed by atoms with Gasteiger partial charge in [-0.25, -0.2) is 0 Å². The number of esters is 1. The van der Waals surface area contributed by atoms with E-state index in [2.05, 4.69) is 15.9 Å². The van der Waals surface area contributed by atoms with Gasteiger partial charge in [0.15, 0.2) is 0 Å². The monoisotopic (exact) mass is 432 g/mol. The molecule has 4 nitrogen and oxygen atoms in total. The summed E-state index contributed by atoms with van der Waals surface area (Å²) in [6.45, 7) is 6.26. The first-order valence-electron chi connectivity index (χ1n) is 10.2. The number of halogens is 1. The Morgan fingerprint density at radius 2 is 1.65 bits per heavy atom. The van der Waals surface area contributed by atoms with Crippen molar-refractivity contribution in [2.24, 2.45) is 5.92 Å². The van der Waals surface area contributed by atoms with Gasteiger partial charge in [0.2, 0.25) is 0 Å². The second-order valence-electron chi connectivity index (χ2n) is 8.64. The normalized spacial score (nSPS) is 17.7. The molecule has 0 unspecified atom stereocenters. The number of hydrogen-bond donors (Lipinski definition) is 0. The summed E-state index contributed by atoms with van der Waals surface area (Å²) in [7, 11) is 0. The third-order valence-electron chi connectivity index (χ3n) is 5.11. The van der Waals surface area contributed by atoms with Gasteiger partial charge in [0, 0.05) is 11.8 Å². The molecule has 0 amide bonds. The third-order valence-corrected chi connectivity index (χ3v) is 5.67. The molecule has 0 N–H and O–H groups in total. The number of hydrogen-bond acceptors (Lipinski definition) is 4. The van der Waals surface area contributed by atoms with E-state index in [0.717, 1.165) is 50.3 Å². The summed E-state index contributed by atoms with van der Waals surface area (Å²) in [5.41, 5.74) is -0.946. The van der Waals surface area contributed by atoms with Gasteiger partial charge in [0.1, 0.15) is 11.2 Å². The molecular formula is C21H37BrO4. The Morgan fingerprint density at radius 1 is 1.08 bits per heavy atom. The lowest BCUT2D eigenvalue weighted by Gasteiger charge is -2.32. The summed E-state index contributed by atoms with van der Waals surface area (Å²) in [4.78, 5) is 23.7. The first-order chi connectivity index (χ1) is 12.3. The van der Waals surface area contributed by atoms with Crippen molar-refractivity contribution in [2.75, 3.05) is 5.33 Å². The Kier molecular flexibility index (Phi) is 10.8. The van der Waals surface area contributed by atoms with E-state index in [1.165, 1.54) is 25.7 Å². The number of carbonyl (C=O) groups is 2. The van der Waals surface area contributed by atoms with Gasteiger partial charge in [-0.05, 0) is 59.3 Å². The van der Waals surface area contributed by atoms with Crippen LogP contribution in [0.3, 0.4) is 0 Å². The molecule has 1 fully saturated rings. The Labute approximate surface area is 167 Å². The molecule has 0 saturated heterocycles. The smallest absolute Gasteiger partial charge is 0.309 e. The number of carbonyl (C=O) groups excluding carboxylic acids is 2. The second kappa shape index (κ2) is 12.0. The van der Waals surface area contributed by atoms with E-state index in [4.69, 9.17) is 9.47 Å². The summed E-state index contributed by atoms with van der Waals surface area (Å²) >= 11 is 3.46. The van der Waals surface area contributed by atoms with Gasteiger partial charge in [-0.3, -0.25) is 9.59 Å². The molecule has 5 heteroatoms. The van der Waals surface area contributed by atoms with Crippen LogP contribution in [0.4, 0.5) is 0 Å². The van der Waals surface area contributed by atoms with Crippen molar-refractivity contribution < 1.29 is 19.1 Å². The van der Waals surface area contributed by atoms with Crippen LogP contribution in [0, 0.1) is 5.92 Å². The lowest BCUT2D eigenvalue weighted by atomic mass is 9.85. The van der Waals surface area contributed by atoms with Crippen molar-refractivity contribution in [1.82, 2.24) is 0 Å². The Bertz CT molecular complexity index is 411. The summed E-state index contributed by atoms with van der Waals surface area (Å²) < 4.78 is 11.1. The van der Waals surface area contributed by atoms with Crippen molar-refractivity contribution in [3.63, 3.8) is 0 Å². The predicted molar refractivity (Wildman–Crippen MR) is 108 cm³/mol. The number of unbranched alkanes of at least 4 members (excludes halogenated alkanes) is 5. The van der Waals surface area contributed by atoms with E-state index in [1.54, 1.807) is 0 Å². The van der Waals surface area contributed by atoms with E-state index < -0.39 is 11.2 Å². The molecule has 1 aliphatic rings. The van der Waals surface area contributed by atoms with Crippen molar-refractivity contribution in [2.45, 2.75) is 109 Å². The molecule has 1 atom stereocenters. The van der Waals surface area contributed by atoms with Crippen LogP contribution in [0.15, 0.2) is 0 Å². The first-order valence-corrected chi connectivity index (χ1v) is 11.3. The average Bonchev–Trinajstić information content (AvgIpc) is 3.00. The fraction of sp³-hybridized carbons (Fsp3) is 0.905. The largest absolute Gasteiger partial charge is 0.461 e. The van der Waals surface area contributed by atoms with E-state index in [0.29, 0.717) is 12.9 Å². The molecule has 0 bridgehead atoms. The molecule has 1 rings (SSSR count). The van der Waals surface area contributed by atoms with Crippen LogP contribution < -0.4 is 0 Å². The summed E-state index contributed by atoms with van der Waals surface area (Å²) in [6, 6.07) is 0. The van der Waals surface area contributed by atoms with Gasteiger partial charge in [0.25, 0.3) is 6.47 Å². The van der Waals surface area contributed by atoms with Gasteiger partial charge in [0.05, 0.1) is 5.92 Å². The topological polar surface area (TPSA) is 52.6 Å². The maximum absolute atomic E-state index is 12.7. The minimum Gasteiger partial charge on any atom is -0.461 e. The highest BCUT2D eigenvalue weighted by molar-refractivity contribution is 9.09. The van der Waals surface area contributed by atoms with Crippen LogP contribution in [-0.2, 0) is 19.1 Å². The number of alkyl halides is 1. The van der Waals surface area contributed by atoms with Crippen LogP contribution in [0.5, 0.6) is 0 Å². The maximum Gasteiger partial charge on any atom is 0.309 e. The third kappa shape index (κ3) is 9.38. The molecule has 0 heterocycles. The summed E-state index contributed by atoms with van der Waals surface area (Å²) in [5, 5.41) is 1.08. The van der Waals surface area contributed by atoms with Crippen LogP contribution in [0.25, 0.3) is 0 Å². The molecule has 0 aliphatic heterocycles. The second-order valence-corrected chi connectivity index (χ2v) is 9.43. The molecule has 1 saturated carbocycles. The molecule has 26 heavy (non-hydrogen) atoms. The molecule has 0 aromatic heterocycles. The Balaban J connectivity index is 2.58. The van der Waals surface area contributed by atoms with Crippen LogP contribution in [0.1, 0.15) is 97.8 Å². The van der Waals surface area contributed by atoms with Crippen LogP contribution in [-0.4, -0.2) is 29.0 Å². The zero-order valence-electron chi connectivity index (χ0n) is 16.9. The molecule has 0 aromatic carbocycles. The van der Waals surface area contributed by atoms with Crippen molar-refractivity contribution >= 4 is 28.4 Å². The van der Waals surface area contributed by atoms with Gasteiger partial charge in [-0.2, -0.15) is 0 Å². The molecular weight excluding hydrogens is 396 g/mol. The minimum atomic E-state index is -0.487. The van der Waals surface area contributed by atoms with Gasteiger partial charge >= 0.3 is 5.97 Å². The number of ether oxygens (including phenoxy) is 2. The van der Waals surface area contributed by atoms with E-state index in [1.807, 2.05) is 20.8 Å². The quantitative estimate of drug-likeness (QED) is 0.156. The first kappa shape index (κ1) is 23.5. The zero-order chi connectivity index (χ0) is 19.5. The van der Waals surface area contributed by atoms with Crippen LogP contribution >= 0.6 is 15.9 Å². The van der Waals surface area contributed by atoms with Gasteiger partial charge in [-0.15, -0.1) is 0 Å². The standard InChI is InChI=1S/C21H37BrO4/c1-20(2,3)26-19(24)18(12-8-6-4-5-7-11-15-22)16-21(25-17-23)13-9-10-14-21/h17-18H,4-16H2,1-3H3/t18-/m0/s1. The van der Waals surface area contributed by atoms with Gasteiger partial charge < -0.3 is 9.47 Å². The SMILES string of the molecule is CC(C)(C)OC(=O)[C@@H](CCCCCCCCBr)CC1(OC=O)CCCC1. The van der Waals surface area contributed by atoms with E-state index in [-0.39, 0.29) is 11.9 Å². The van der Waals surface area contributed by atoms with E-state index in [9.17, 15) is 9.59 Å². The predicted octanol–water partition coefficient (Wildman–Crippen LogP) is 5.95. The minimum absolute atomic E-state index is 0.141.